The highest BCUT2D eigenvalue weighted by molar-refractivity contribution is 8.00. The molecule has 25 heavy (non-hydrogen) atoms. The van der Waals surface area contributed by atoms with E-state index in [-0.39, 0.29) is 16.1 Å². The first-order valence-electron chi connectivity index (χ1n) is 7.51. The standard InChI is InChI=1S/C17H15N3O3S2/c1-11-7-17(21)19-15-9-14(5-6-16(15)24-11)25(22,23)20-13-4-2-3-12(8-13)10-18/h2-6,8-9,11,20H,7H2,1H3,(H,19,21). The van der Waals surface area contributed by atoms with E-state index in [4.69, 9.17) is 5.26 Å². The minimum atomic E-state index is -3.83. The molecule has 0 aliphatic carbocycles. The van der Waals surface area contributed by atoms with Crippen molar-refractivity contribution in [2.75, 3.05) is 10.0 Å². The fourth-order valence-electron chi connectivity index (χ4n) is 2.46. The SMILES string of the molecule is CC1CC(=O)Nc2cc(S(=O)(=O)Nc3cccc(C#N)c3)ccc2S1. The minimum absolute atomic E-state index is 0.0454. The Morgan fingerprint density at radius 3 is 2.84 bits per heavy atom. The number of anilines is 2. The third-order valence-electron chi connectivity index (χ3n) is 3.58. The molecular formula is C17H15N3O3S2. The van der Waals surface area contributed by atoms with Crippen LogP contribution in [0.4, 0.5) is 11.4 Å². The molecular weight excluding hydrogens is 358 g/mol. The molecule has 6 nitrogen and oxygen atoms in total. The van der Waals surface area contributed by atoms with Gasteiger partial charge in [0.15, 0.2) is 0 Å². The Kier molecular flexibility index (Phi) is 4.70. The highest BCUT2D eigenvalue weighted by Crippen LogP contribution is 2.36. The van der Waals surface area contributed by atoms with Gasteiger partial charge in [-0.1, -0.05) is 13.0 Å². The van der Waals surface area contributed by atoms with Crippen molar-refractivity contribution in [2.24, 2.45) is 0 Å². The van der Waals surface area contributed by atoms with Crippen LogP contribution in [-0.2, 0) is 14.8 Å². The number of carbonyl (C=O) groups excluding carboxylic acids is 1. The first-order chi connectivity index (χ1) is 11.9. The van der Waals surface area contributed by atoms with E-state index in [1.807, 2.05) is 13.0 Å². The van der Waals surface area contributed by atoms with Crippen molar-refractivity contribution in [2.45, 2.75) is 28.4 Å². The zero-order chi connectivity index (χ0) is 18.0. The molecule has 1 aliphatic rings. The second-order valence-corrected chi connectivity index (χ2v) is 8.80. The van der Waals surface area contributed by atoms with Gasteiger partial charge >= 0.3 is 0 Å². The fourth-order valence-corrected chi connectivity index (χ4v) is 4.59. The Labute approximate surface area is 150 Å². The molecule has 3 rings (SSSR count). The Balaban J connectivity index is 1.93. The van der Waals surface area contributed by atoms with E-state index >= 15 is 0 Å². The molecule has 0 bridgehead atoms. The van der Waals surface area contributed by atoms with Crippen LogP contribution in [0, 0.1) is 11.3 Å². The van der Waals surface area contributed by atoms with Gasteiger partial charge in [0.25, 0.3) is 10.0 Å². The van der Waals surface area contributed by atoms with Crippen LogP contribution in [0.5, 0.6) is 0 Å². The van der Waals surface area contributed by atoms with Gasteiger partial charge < -0.3 is 5.32 Å². The topological polar surface area (TPSA) is 99.1 Å². The molecule has 2 aromatic rings. The third kappa shape index (κ3) is 3.95. The number of benzene rings is 2. The first kappa shape index (κ1) is 17.3. The highest BCUT2D eigenvalue weighted by Gasteiger charge is 2.22. The lowest BCUT2D eigenvalue weighted by atomic mass is 10.2. The van der Waals surface area contributed by atoms with Crippen LogP contribution < -0.4 is 10.0 Å². The van der Waals surface area contributed by atoms with Crippen LogP contribution in [0.25, 0.3) is 0 Å². The Hall–Kier alpha value is -2.50. The zero-order valence-electron chi connectivity index (χ0n) is 13.3. The Morgan fingerprint density at radius 1 is 1.28 bits per heavy atom. The minimum Gasteiger partial charge on any atom is -0.325 e. The summed E-state index contributed by atoms with van der Waals surface area (Å²) in [7, 11) is -3.83. The van der Waals surface area contributed by atoms with E-state index in [0.717, 1.165) is 4.90 Å². The van der Waals surface area contributed by atoms with Crippen LogP contribution in [-0.4, -0.2) is 19.6 Å². The van der Waals surface area contributed by atoms with E-state index in [1.54, 1.807) is 24.3 Å². The van der Waals surface area contributed by atoms with Gasteiger partial charge in [-0.25, -0.2) is 8.42 Å². The summed E-state index contributed by atoms with van der Waals surface area (Å²) in [5.74, 6) is -0.136. The Morgan fingerprint density at radius 2 is 2.08 bits per heavy atom. The number of carbonyl (C=O) groups is 1. The number of thioether (sulfide) groups is 1. The van der Waals surface area contributed by atoms with Gasteiger partial charge in [-0.05, 0) is 36.4 Å². The first-order valence-corrected chi connectivity index (χ1v) is 9.87. The van der Waals surface area contributed by atoms with E-state index in [2.05, 4.69) is 10.0 Å². The van der Waals surface area contributed by atoms with Gasteiger partial charge in [0.2, 0.25) is 5.91 Å². The average Bonchev–Trinajstić information content (AvgIpc) is 2.70. The maximum Gasteiger partial charge on any atom is 0.261 e. The fraction of sp³-hybridized carbons (Fsp3) is 0.176. The molecule has 8 heteroatoms. The maximum absolute atomic E-state index is 12.6. The number of amides is 1. The maximum atomic E-state index is 12.6. The summed E-state index contributed by atoms with van der Waals surface area (Å²) >= 11 is 1.53. The molecule has 0 radical (unpaired) electrons. The molecule has 2 N–H and O–H groups in total. The van der Waals surface area contributed by atoms with Crippen LogP contribution in [0.3, 0.4) is 0 Å². The Bertz CT molecular complexity index is 981. The second-order valence-electron chi connectivity index (χ2n) is 5.64. The van der Waals surface area contributed by atoms with E-state index in [0.29, 0.717) is 23.4 Å². The smallest absolute Gasteiger partial charge is 0.261 e. The largest absolute Gasteiger partial charge is 0.325 e. The van der Waals surface area contributed by atoms with E-state index in [9.17, 15) is 13.2 Å². The quantitative estimate of drug-likeness (QED) is 0.861. The van der Waals surface area contributed by atoms with Crippen molar-refractivity contribution in [3.63, 3.8) is 0 Å². The predicted molar refractivity (Wildman–Crippen MR) is 97.0 cm³/mol. The lowest BCUT2D eigenvalue weighted by Gasteiger charge is -2.12. The molecule has 0 saturated carbocycles. The van der Waals surface area contributed by atoms with Crippen molar-refractivity contribution < 1.29 is 13.2 Å². The lowest BCUT2D eigenvalue weighted by molar-refractivity contribution is -0.116. The number of nitriles is 1. The molecule has 0 aromatic heterocycles. The molecule has 1 amide bonds. The number of fused-ring (bicyclic) bond motifs is 1. The van der Waals surface area contributed by atoms with E-state index < -0.39 is 10.0 Å². The van der Waals surface area contributed by atoms with Gasteiger partial charge in [-0.15, -0.1) is 11.8 Å². The molecule has 0 spiro atoms. The van der Waals surface area contributed by atoms with Crippen molar-refractivity contribution in [1.29, 1.82) is 5.26 Å². The number of hydrogen-bond donors (Lipinski definition) is 2. The van der Waals surface area contributed by atoms with Gasteiger partial charge in [-0.2, -0.15) is 5.26 Å². The molecule has 128 valence electrons. The summed E-state index contributed by atoms with van der Waals surface area (Å²) in [5, 5.41) is 11.8. The van der Waals surface area contributed by atoms with Crippen LogP contribution in [0.1, 0.15) is 18.9 Å². The van der Waals surface area contributed by atoms with Gasteiger partial charge in [0.05, 0.1) is 27.9 Å². The lowest BCUT2D eigenvalue weighted by Crippen LogP contribution is -2.15. The second kappa shape index (κ2) is 6.78. The monoisotopic (exact) mass is 373 g/mol. The normalized spacial score (nSPS) is 17.0. The molecule has 1 atom stereocenters. The van der Waals surface area contributed by atoms with Crippen LogP contribution >= 0.6 is 11.8 Å². The molecule has 1 heterocycles. The summed E-state index contributed by atoms with van der Waals surface area (Å²) < 4.78 is 27.7. The highest BCUT2D eigenvalue weighted by atomic mass is 32.2. The van der Waals surface area contributed by atoms with E-state index in [1.165, 1.54) is 30.0 Å². The molecule has 1 aliphatic heterocycles. The summed E-state index contributed by atoms with van der Waals surface area (Å²) in [6, 6.07) is 12.8. The summed E-state index contributed by atoms with van der Waals surface area (Å²) in [5.41, 5.74) is 1.16. The summed E-state index contributed by atoms with van der Waals surface area (Å²) in [4.78, 5) is 12.7. The average molecular weight is 373 g/mol. The number of nitrogens with one attached hydrogen (secondary N) is 2. The van der Waals surface area contributed by atoms with Crippen molar-refractivity contribution in [1.82, 2.24) is 0 Å². The van der Waals surface area contributed by atoms with Crippen LogP contribution in [0.15, 0.2) is 52.3 Å². The molecule has 2 aromatic carbocycles. The zero-order valence-corrected chi connectivity index (χ0v) is 14.9. The molecule has 0 saturated heterocycles. The third-order valence-corrected chi connectivity index (χ3v) is 6.14. The van der Waals surface area contributed by atoms with Crippen molar-refractivity contribution >= 4 is 39.1 Å². The van der Waals surface area contributed by atoms with Crippen molar-refractivity contribution in [3.05, 3.63) is 48.0 Å². The predicted octanol–water partition coefficient (Wildman–Crippen LogP) is 3.18. The number of nitrogens with zero attached hydrogens (tertiary/aromatic N) is 1. The van der Waals surface area contributed by atoms with Crippen molar-refractivity contribution in [3.8, 4) is 6.07 Å². The number of sulfonamides is 1. The number of hydrogen-bond acceptors (Lipinski definition) is 5. The molecule has 1 unspecified atom stereocenters. The number of rotatable bonds is 3. The summed E-state index contributed by atoms with van der Waals surface area (Å²) in [6.45, 7) is 1.95. The van der Waals surface area contributed by atoms with Crippen LogP contribution in [0.2, 0.25) is 0 Å². The van der Waals surface area contributed by atoms with Gasteiger partial charge in [0.1, 0.15) is 0 Å². The van der Waals surface area contributed by atoms with Gasteiger partial charge in [-0.3, -0.25) is 9.52 Å². The molecule has 0 fully saturated rings. The summed E-state index contributed by atoms with van der Waals surface area (Å²) in [6.07, 6.45) is 0.376. The van der Waals surface area contributed by atoms with Gasteiger partial charge in [0, 0.05) is 16.6 Å².